The molecule has 0 unspecified atom stereocenters. The third-order valence-corrected chi connectivity index (χ3v) is 4.58. The molecule has 134 valence electrons. The number of aliphatic hydroxyl groups excluding tert-OH is 1. The predicted molar refractivity (Wildman–Crippen MR) is 92.9 cm³/mol. The van der Waals surface area contributed by atoms with E-state index in [2.05, 4.69) is 15.3 Å². The monoisotopic (exact) mass is 346 g/mol. The minimum atomic E-state index is -0.356. The van der Waals surface area contributed by atoms with Gasteiger partial charge in [0, 0.05) is 37.6 Å². The minimum Gasteiger partial charge on any atom is -0.393 e. The molecule has 0 aliphatic carbocycles. The van der Waals surface area contributed by atoms with Crippen LogP contribution < -0.4 is 10.2 Å². The van der Waals surface area contributed by atoms with Gasteiger partial charge < -0.3 is 15.3 Å². The van der Waals surface area contributed by atoms with Crippen LogP contribution in [-0.4, -0.2) is 40.0 Å². The molecule has 1 aliphatic rings. The first-order valence-electron chi connectivity index (χ1n) is 8.46. The fourth-order valence-electron chi connectivity index (χ4n) is 3.16. The molecule has 1 aliphatic heterocycles. The molecule has 0 saturated carbocycles. The normalized spacial score (nSPS) is 16.7. The number of nitrogens with zero attached hydrogens (tertiary/aromatic N) is 3. The van der Waals surface area contributed by atoms with E-state index in [0.29, 0.717) is 31.5 Å². The summed E-state index contributed by atoms with van der Waals surface area (Å²) in [5.74, 6) is -0.580. The number of aromatic nitrogens is 2. The third kappa shape index (κ3) is 3.99. The molecule has 1 fully saturated rings. The van der Waals surface area contributed by atoms with Crippen LogP contribution in [0.5, 0.6) is 0 Å². The zero-order valence-electron chi connectivity index (χ0n) is 14.4. The first-order chi connectivity index (χ1) is 11.9. The fourth-order valence-corrected chi connectivity index (χ4v) is 3.16. The molecule has 1 amide bonds. The Labute approximate surface area is 146 Å². The van der Waals surface area contributed by atoms with Crippen LogP contribution in [0.1, 0.15) is 41.7 Å². The van der Waals surface area contributed by atoms with Gasteiger partial charge in [0.1, 0.15) is 5.82 Å². The molecule has 25 heavy (non-hydrogen) atoms. The number of aryl methyl sites for hydroxylation is 1. The molecule has 2 heterocycles. The molecule has 1 aromatic carbocycles. The molecule has 1 saturated heterocycles. The zero-order valence-corrected chi connectivity index (χ0v) is 14.4. The number of nitrogens with one attached hydrogen (secondary N) is 1. The predicted octanol–water partition coefficient (Wildman–Crippen LogP) is 2.01. The molecule has 2 aromatic rings. The van der Waals surface area contributed by atoms with Crippen LogP contribution in [0.2, 0.25) is 0 Å². The van der Waals surface area contributed by atoms with Crippen LogP contribution in [0.4, 0.5) is 10.1 Å². The van der Waals surface area contributed by atoms with Gasteiger partial charge in [0.05, 0.1) is 23.9 Å². The van der Waals surface area contributed by atoms with Gasteiger partial charge in [0.2, 0.25) is 0 Å². The molecule has 1 aromatic heterocycles. The van der Waals surface area contributed by atoms with E-state index >= 15 is 0 Å². The molecule has 3 rings (SSSR count). The average Bonchev–Trinajstić information content (AvgIpc) is 3.02. The van der Waals surface area contributed by atoms with E-state index in [-0.39, 0.29) is 23.9 Å². The van der Waals surface area contributed by atoms with Gasteiger partial charge in [-0.2, -0.15) is 5.10 Å². The standard InChI is InChI=1S/C18H23FN4O2/c1-12(21-18(25)13-10-20-22(2)11-13)16-9-14(19)3-4-17(16)23-7-5-15(24)6-8-23/h3-4,9-12,15,24H,5-8H2,1-2H3,(H,21,25)/t12-/m1/s1. The van der Waals surface area contributed by atoms with E-state index in [0.717, 1.165) is 11.3 Å². The van der Waals surface area contributed by atoms with Crippen molar-refractivity contribution in [2.24, 2.45) is 7.05 Å². The van der Waals surface area contributed by atoms with Crippen molar-refractivity contribution in [2.75, 3.05) is 18.0 Å². The number of aliphatic hydroxyl groups is 1. The van der Waals surface area contributed by atoms with Crippen molar-refractivity contribution in [1.82, 2.24) is 15.1 Å². The molecular weight excluding hydrogens is 323 g/mol. The largest absolute Gasteiger partial charge is 0.393 e. The second-order valence-corrected chi connectivity index (χ2v) is 6.52. The highest BCUT2D eigenvalue weighted by Gasteiger charge is 2.23. The molecular formula is C18H23FN4O2. The summed E-state index contributed by atoms with van der Waals surface area (Å²) in [5.41, 5.74) is 2.09. The van der Waals surface area contributed by atoms with Crippen molar-refractivity contribution >= 4 is 11.6 Å². The Bertz CT molecular complexity index is 753. The number of piperidine rings is 1. The topological polar surface area (TPSA) is 70.4 Å². The summed E-state index contributed by atoms with van der Waals surface area (Å²) < 4.78 is 15.4. The van der Waals surface area contributed by atoms with Gasteiger partial charge in [-0.25, -0.2) is 4.39 Å². The molecule has 0 bridgehead atoms. The smallest absolute Gasteiger partial charge is 0.254 e. The van der Waals surface area contributed by atoms with E-state index in [1.807, 2.05) is 6.92 Å². The molecule has 6 nitrogen and oxygen atoms in total. The van der Waals surface area contributed by atoms with Crippen LogP contribution in [0.15, 0.2) is 30.6 Å². The summed E-state index contributed by atoms with van der Waals surface area (Å²) >= 11 is 0. The summed E-state index contributed by atoms with van der Waals surface area (Å²) in [6.45, 7) is 3.26. The van der Waals surface area contributed by atoms with Crippen LogP contribution in [0.3, 0.4) is 0 Å². The van der Waals surface area contributed by atoms with Crippen LogP contribution in [0, 0.1) is 5.82 Å². The van der Waals surface area contributed by atoms with Gasteiger partial charge in [0.15, 0.2) is 0 Å². The Morgan fingerprint density at radius 3 is 2.76 bits per heavy atom. The Morgan fingerprint density at radius 2 is 2.12 bits per heavy atom. The highest BCUT2D eigenvalue weighted by Crippen LogP contribution is 2.30. The lowest BCUT2D eigenvalue weighted by atomic mass is 10.0. The van der Waals surface area contributed by atoms with Gasteiger partial charge in [-0.05, 0) is 38.0 Å². The fraction of sp³-hybridized carbons (Fsp3) is 0.444. The molecule has 1 atom stereocenters. The Morgan fingerprint density at radius 1 is 1.40 bits per heavy atom. The second-order valence-electron chi connectivity index (χ2n) is 6.52. The maximum atomic E-state index is 13.8. The number of benzene rings is 1. The van der Waals surface area contributed by atoms with E-state index in [4.69, 9.17) is 0 Å². The van der Waals surface area contributed by atoms with Gasteiger partial charge in [0.25, 0.3) is 5.91 Å². The Balaban J connectivity index is 1.80. The van der Waals surface area contributed by atoms with Crippen molar-refractivity contribution in [3.05, 3.63) is 47.5 Å². The van der Waals surface area contributed by atoms with E-state index < -0.39 is 0 Å². The number of amides is 1. The van der Waals surface area contributed by atoms with Gasteiger partial charge in [-0.3, -0.25) is 9.48 Å². The number of halogens is 1. The maximum Gasteiger partial charge on any atom is 0.254 e. The lowest BCUT2D eigenvalue weighted by molar-refractivity contribution is 0.0940. The zero-order chi connectivity index (χ0) is 18.0. The summed E-state index contributed by atoms with van der Waals surface area (Å²) in [4.78, 5) is 14.5. The first-order valence-corrected chi connectivity index (χ1v) is 8.46. The molecule has 0 radical (unpaired) electrons. The van der Waals surface area contributed by atoms with Gasteiger partial charge in [-0.1, -0.05) is 0 Å². The Kier molecular flexibility index (Phi) is 5.03. The molecule has 2 N–H and O–H groups in total. The van der Waals surface area contributed by atoms with Gasteiger partial charge >= 0.3 is 0 Å². The molecule has 0 spiro atoms. The summed E-state index contributed by atoms with van der Waals surface area (Å²) in [5, 5.41) is 16.6. The van der Waals surface area contributed by atoms with E-state index in [9.17, 15) is 14.3 Å². The lowest BCUT2D eigenvalue weighted by Crippen LogP contribution is -2.37. The SMILES string of the molecule is C[C@@H](NC(=O)c1cnn(C)c1)c1cc(F)ccc1N1CCC(O)CC1. The van der Waals surface area contributed by atoms with Crippen LogP contribution in [0.25, 0.3) is 0 Å². The summed E-state index contributed by atoms with van der Waals surface area (Å²) in [6.07, 6.45) is 4.24. The molecule has 7 heteroatoms. The number of carbonyl (C=O) groups excluding carboxylic acids is 1. The first kappa shape index (κ1) is 17.4. The highest BCUT2D eigenvalue weighted by molar-refractivity contribution is 5.94. The van der Waals surface area contributed by atoms with Crippen LogP contribution >= 0.6 is 0 Å². The number of rotatable bonds is 4. The Hall–Kier alpha value is -2.41. The van der Waals surface area contributed by atoms with Crippen molar-refractivity contribution in [2.45, 2.75) is 31.9 Å². The number of hydrogen-bond acceptors (Lipinski definition) is 4. The summed E-state index contributed by atoms with van der Waals surface area (Å²) in [6, 6.07) is 4.29. The number of hydrogen-bond donors (Lipinski definition) is 2. The van der Waals surface area contributed by atoms with E-state index in [1.165, 1.54) is 18.3 Å². The van der Waals surface area contributed by atoms with Crippen molar-refractivity contribution in [3.63, 3.8) is 0 Å². The van der Waals surface area contributed by atoms with Crippen molar-refractivity contribution in [3.8, 4) is 0 Å². The van der Waals surface area contributed by atoms with Crippen molar-refractivity contribution in [1.29, 1.82) is 0 Å². The lowest BCUT2D eigenvalue weighted by Gasteiger charge is -2.34. The van der Waals surface area contributed by atoms with Gasteiger partial charge in [-0.15, -0.1) is 0 Å². The third-order valence-electron chi connectivity index (χ3n) is 4.58. The quantitative estimate of drug-likeness (QED) is 0.888. The van der Waals surface area contributed by atoms with E-state index in [1.54, 1.807) is 24.0 Å². The highest BCUT2D eigenvalue weighted by atomic mass is 19.1. The maximum absolute atomic E-state index is 13.8. The van der Waals surface area contributed by atoms with Crippen LogP contribution in [-0.2, 0) is 7.05 Å². The number of carbonyl (C=O) groups is 1. The second kappa shape index (κ2) is 7.23. The minimum absolute atomic E-state index is 0.245. The average molecular weight is 346 g/mol. The summed E-state index contributed by atoms with van der Waals surface area (Å²) in [7, 11) is 1.75. The van der Waals surface area contributed by atoms with Crippen molar-refractivity contribution < 1.29 is 14.3 Å². The number of anilines is 1.